The van der Waals surface area contributed by atoms with Crippen LogP contribution in [0.25, 0.3) is 0 Å². The zero-order valence-electron chi connectivity index (χ0n) is 11.5. The number of rotatable bonds is 3. The maximum Gasteiger partial charge on any atom is 0.145 e. The number of halogens is 1. The van der Waals surface area contributed by atoms with Crippen LogP contribution in [0.5, 0.6) is 0 Å². The van der Waals surface area contributed by atoms with E-state index >= 15 is 0 Å². The summed E-state index contributed by atoms with van der Waals surface area (Å²) in [5, 5.41) is 12.6. The van der Waals surface area contributed by atoms with Gasteiger partial charge in [-0.05, 0) is 26.8 Å². The number of hydrogen-bond acceptors (Lipinski definition) is 5. The second kappa shape index (κ2) is 5.85. The number of aryl methyl sites for hydroxylation is 2. The van der Waals surface area contributed by atoms with Crippen LogP contribution in [0.4, 0.5) is 5.82 Å². The molecule has 0 saturated carbocycles. The molecule has 0 unspecified atom stereocenters. The summed E-state index contributed by atoms with van der Waals surface area (Å²) >= 11 is 6.14. The molecule has 1 N–H and O–H groups in total. The van der Waals surface area contributed by atoms with Crippen molar-refractivity contribution in [3.05, 3.63) is 46.1 Å². The van der Waals surface area contributed by atoms with Crippen molar-refractivity contribution in [3.63, 3.8) is 0 Å². The van der Waals surface area contributed by atoms with Crippen molar-refractivity contribution < 1.29 is 0 Å². The van der Waals surface area contributed by atoms with Crippen LogP contribution in [0, 0.1) is 25.2 Å². The standard InChI is InChI=1S/C14H14ClN5/c1-8-11(7-16)6-12(15)14(19-8)20-10(3)13-9(2)17-4-5-18-13/h4-6,10H,1-3H3,(H,19,20)/t10-/m1/s1. The largest absolute Gasteiger partial charge is 0.361 e. The number of hydrogen-bond donors (Lipinski definition) is 1. The van der Waals surface area contributed by atoms with Crippen LogP contribution in [-0.2, 0) is 0 Å². The molecule has 0 aliphatic carbocycles. The van der Waals surface area contributed by atoms with Crippen LogP contribution in [0.2, 0.25) is 5.02 Å². The number of anilines is 1. The first kappa shape index (κ1) is 14.2. The minimum Gasteiger partial charge on any atom is -0.361 e. The molecule has 1 atom stereocenters. The molecule has 0 saturated heterocycles. The van der Waals surface area contributed by atoms with Gasteiger partial charge in [0.15, 0.2) is 0 Å². The van der Waals surface area contributed by atoms with Crippen LogP contribution >= 0.6 is 11.6 Å². The van der Waals surface area contributed by atoms with E-state index in [1.807, 2.05) is 13.8 Å². The SMILES string of the molecule is Cc1nc(N[C@H](C)c2nccnc2C)c(Cl)cc1C#N. The van der Waals surface area contributed by atoms with Crippen molar-refractivity contribution in [2.45, 2.75) is 26.8 Å². The summed E-state index contributed by atoms with van der Waals surface area (Å²) in [4.78, 5) is 12.8. The van der Waals surface area contributed by atoms with Gasteiger partial charge in [-0.2, -0.15) is 5.26 Å². The first-order valence-corrected chi connectivity index (χ1v) is 6.52. The van der Waals surface area contributed by atoms with Gasteiger partial charge in [-0.1, -0.05) is 11.6 Å². The Bertz CT molecular complexity index is 678. The Morgan fingerprint density at radius 2 is 1.95 bits per heavy atom. The molecular weight excluding hydrogens is 274 g/mol. The van der Waals surface area contributed by atoms with E-state index in [0.29, 0.717) is 22.1 Å². The topological polar surface area (TPSA) is 74.5 Å². The number of nitriles is 1. The number of aromatic nitrogens is 3. The van der Waals surface area contributed by atoms with Crippen molar-refractivity contribution in [2.75, 3.05) is 5.32 Å². The van der Waals surface area contributed by atoms with Gasteiger partial charge in [-0.3, -0.25) is 9.97 Å². The quantitative estimate of drug-likeness (QED) is 0.938. The fraction of sp³-hybridized carbons (Fsp3) is 0.286. The summed E-state index contributed by atoms with van der Waals surface area (Å²) in [6, 6.07) is 3.59. The molecule has 2 aromatic heterocycles. The van der Waals surface area contributed by atoms with E-state index in [4.69, 9.17) is 16.9 Å². The highest BCUT2D eigenvalue weighted by atomic mass is 35.5. The Balaban J connectivity index is 2.29. The van der Waals surface area contributed by atoms with Crippen molar-refractivity contribution >= 4 is 17.4 Å². The Morgan fingerprint density at radius 3 is 2.60 bits per heavy atom. The van der Waals surface area contributed by atoms with Crippen molar-refractivity contribution in [3.8, 4) is 6.07 Å². The lowest BCUT2D eigenvalue weighted by atomic mass is 10.2. The van der Waals surface area contributed by atoms with Crippen molar-refractivity contribution in [2.24, 2.45) is 0 Å². The summed E-state index contributed by atoms with van der Waals surface area (Å²) in [5.41, 5.74) is 2.81. The van der Waals surface area contributed by atoms with Crippen LogP contribution in [-0.4, -0.2) is 15.0 Å². The number of pyridine rings is 1. The van der Waals surface area contributed by atoms with E-state index in [-0.39, 0.29) is 6.04 Å². The van der Waals surface area contributed by atoms with Gasteiger partial charge in [0.05, 0.1) is 33.7 Å². The van der Waals surface area contributed by atoms with Crippen LogP contribution in [0.1, 0.15) is 35.6 Å². The van der Waals surface area contributed by atoms with E-state index in [1.54, 1.807) is 25.4 Å². The first-order valence-electron chi connectivity index (χ1n) is 6.14. The second-order valence-electron chi connectivity index (χ2n) is 4.46. The van der Waals surface area contributed by atoms with E-state index in [0.717, 1.165) is 11.4 Å². The van der Waals surface area contributed by atoms with Crippen molar-refractivity contribution in [1.82, 2.24) is 15.0 Å². The lowest BCUT2D eigenvalue weighted by Gasteiger charge is -2.16. The Labute approximate surface area is 122 Å². The summed E-state index contributed by atoms with van der Waals surface area (Å²) in [5.74, 6) is 0.542. The summed E-state index contributed by atoms with van der Waals surface area (Å²) in [6.07, 6.45) is 3.31. The lowest BCUT2D eigenvalue weighted by Crippen LogP contribution is -2.12. The van der Waals surface area contributed by atoms with E-state index in [9.17, 15) is 0 Å². The molecule has 6 heteroatoms. The number of nitrogens with one attached hydrogen (secondary N) is 1. The fourth-order valence-corrected chi connectivity index (χ4v) is 2.12. The molecule has 0 amide bonds. The highest BCUT2D eigenvalue weighted by molar-refractivity contribution is 6.33. The zero-order chi connectivity index (χ0) is 14.7. The molecule has 2 rings (SSSR count). The van der Waals surface area contributed by atoms with E-state index in [1.165, 1.54) is 0 Å². The van der Waals surface area contributed by atoms with Gasteiger partial charge < -0.3 is 5.32 Å². The smallest absolute Gasteiger partial charge is 0.145 e. The maximum atomic E-state index is 8.94. The molecule has 0 spiro atoms. The summed E-state index contributed by atoms with van der Waals surface area (Å²) in [6.45, 7) is 5.64. The molecule has 0 aliphatic rings. The molecule has 0 fully saturated rings. The van der Waals surface area contributed by atoms with Gasteiger partial charge in [0, 0.05) is 12.4 Å². The van der Waals surface area contributed by atoms with Gasteiger partial charge in [-0.15, -0.1) is 0 Å². The van der Waals surface area contributed by atoms with Crippen LogP contribution in [0.3, 0.4) is 0 Å². The van der Waals surface area contributed by atoms with E-state index in [2.05, 4.69) is 26.3 Å². The first-order chi connectivity index (χ1) is 9.52. The maximum absolute atomic E-state index is 8.94. The molecule has 0 aromatic carbocycles. The average molecular weight is 288 g/mol. The normalized spacial score (nSPS) is 11.8. The second-order valence-corrected chi connectivity index (χ2v) is 4.86. The Kier molecular flexibility index (Phi) is 4.16. The summed E-state index contributed by atoms with van der Waals surface area (Å²) in [7, 11) is 0. The predicted octanol–water partition coefficient (Wildman–Crippen LogP) is 3.19. The van der Waals surface area contributed by atoms with Crippen molar-refractivity contribution in [1.29, 1.82) is 5.26 Å². The molecule has 5 nitrogen and oxygen atoms in total. The van der Waals surface area contributed by atoms with Gasteiger partial charge >= 0.3 is 0 Å². The molecular formula is C14H14ClN5. The molecule has 0 aliphatic heterocycles. The predicted molar refractivity (Wildman–Crippen MR) is 77.5 cm³/mol. The minimum atomic E-state index is -0.0824. The van der Waals surface area contributed by atoms with Gasteiger partial charge in [0.25, 0.3) is 0 Å². The van der Waals surface area contributed by atoms with E-state index < -0.39 is 0 Å². The van der Waals surface area contributed by atoms with Crippen LogP contribution in [0.15, 0.2) is 18.5 Å². The molecule has 102 valence electrons. The molecule has 2 aromatic rings. The average Bonchev–Trinajstić information content (AvgIpc) is 2.42. The van der Waals surface area contributed by atoms with Gasteiger partial charge in [0.1, 0.15) is 11.9 Å². The third-order valence-corrected chi connectivity index (χ3v) is 3.26. The van der Waals surface area contributed by atoms with Crippen LogP contribution < -0.4 is 5.32 Å². The number of nitrogens with zero attached hydrogens (tertiary/aromatic N) is 4. The monoisotopic (exact) mass is 287 g/mol. The highest BCUT2D eigenvalue weighted by Gasteiger charge is 2.14. The fourth-order valence-electron chi connectivity index (χ4n) is 1.91. The highest BCUT2D eigenvalue weighted by Crippen LogP contribution is 2.26. The Morgan fingerprint density at radius 1 is 1.25 bits per heavy atom. The molecule has 20 heavy (non-hydrogen) atoms. The molecule has 2 heterocycles. The molecule has 0 bridgehead atoms. The zero-order valence-corrected chi connectivity index (χ0v) is 12.2. The molecule has 0 radical (unpaired) electrons. The van der Waals surface area contributed by atoms with Gasteiger partial charge in [0.2, 0.25) is 0 Å². The third-order valence-electron chi connectivity index (χ3n) is 2.97. The Hall–Kier alpha value is -2.19. The lowest BCUT2D eigenvalue weighted by molar-refractivity contribution is 0.803. The summed E-state index contributed by atoms with van der Waals surface area (Å²) < 4.78 is 0. The van der Waals surface area contributed by atoms with Gasteiger partial charge in [-0.25, -0.2) is 4.98 Å². The minimum absolute atomic E-state index is 0.0824. The third kappa shape index (κ3) is 2.86.